The summed E-state index contributed by atoms with van der Waals surface area (Å²) in [6, 6.07) is 6.17. The van der Waals surface area contributed by atoms with Gasteiger partial charge in [-0.3, -0.25) is 10.1 Å². The van der Waals surface area contributed by atoms with Crippen molar-refractivity contribution in [2.45, 2.75) is 25.8 Å². The highest BCUT2D eigenvalue weighted by atomic mass is 19.1. The van der Waals surface area contributed by atoms with Crippen LogP contribution in [0.1, 0.15) is 25.8 Å². The molecule has 0 bridgehead atoms. The maximum atomic E-state index is 13.6. The molecule has 0 aliphatic carbocycles. The van der Waals surface area contributed by atoms with Crippen LogP contribution in [0.2, 0.25) is 0 Å². The number of nitrogens with one attached hydrogen (secondary N) is 1. The molecular formula is C12H17FN2O. The SMILES string of the molecule is CCCNC(C)(C(N)=O)c1ccccc1F. The number of hydrogen-bond acceptors (Lipinski definition) is 2. The molecule has 1 aromatic carbocycles. The first-order valence-corrected chi connectivity index (χ1v) is 5.32. The van der Waals surface area contributed by atoms with Crippen LogP contribution in [0.3, 0.4) is 0 Å². The number of amides is 1. The van der Waals surface area contributed by atoms with Crippen LogP contribution in [-0.2, 0) is 10.3 Å². The van der Waals surface area contributed by atoms with Gasteiger partial charge in [0.2, 0.25) is 5.91 Å². The van der Waals surface area contributed by atoms with Gasteiger partial charge in [0.25, 0.3) is 0 Å². The van der Waals surface area contributed by atoms with Crippen molar-refractivity contribution in [1.82, 2.24) is 5.32 Å². The van der Waals surface area contributed by atoms with E-state index in [-0.39, 0.29) is 5.56 Å². The molecule has 1 rings (SSSR count). The molecule has 0 radical (unpaired) electrons. The van der Waals surface area contributed by atoms with Gasteiger partial charge in [0.05, 0.1) is 0 Å². The molecule has 1 aromatic rings. The number of nitrogens with two attached hydrogens (primary N) is 1. The summed E-state index contributed by atoms with van der Waals surface area (Å²) in [5.41, 5.74) is 4.48. The second-order valence-electron chi connectivity index (χ2n) is 3.90. The lowest BCUT2D eigenvalue weighted by Crippen LogP contribution is -2.51. The summed E-state index contributed by atoms with van der Waals surface area (Å²) >= 11 is 0. The molecule has 0 aliphatic heterocycles. The normalized spacial score (nSPS) is 14.4. The predicted molar refractivity (Wildman–Crippen MR) is 61.2 cm³/mol. The van der Waals surface area contributed by atoms with Crippen LogP contribution in [0.15, 0.2) is 24.3 Å². The van der Waals surface area contributed by atoms with E-state index < -0.39 is 17.3 Å². The van der Waals surface area contributed by atoms with E-state index in [0.29, 0.717) is 6.54 Å². The molecule has 0 saturated heterocycles. The zero-order chi connectivity index (χ0) is 12.2. The van der Waals surface area contributed by atoms with Crippen LogP contribution in [0.25, 0.3) is 0 Å². The Hall–Kier alpha value is -1.42. The van der Waals surface area contributed by atoms with Crippen molar-refractivity contribution in [1.29, 1.82) is 0 Å². The molecule has 0 aliphatic rings. The highest BCUT2D eigenvalue weighted by molar-refractivity contribution is 5.85. The molecule has 3 nitrogen and oxygen atoms in total. The van der Waals surface area contributed by atoms with E-state index in [1.807, 2.05) is 6.92 Å². The van der Waals surface area contributed by atoms with Crippen molar-refractivity contribution in [2.75, 3.05) is 6.54 Å². The first kappa shape index (κ1) is 12.6. The molecular weight excluding hydrogens is 207 g/mol. The summed E-state index contributed by atoms with van der Waals surface area (Å²) in [6.07, 6.45) is 0.845. The van der Waals surface area contributed by atoms with E-state index in [2.05, 4.69) is 5.32 Å². The summed E-state index contributed by atoms with van der Waals surface area (Å²) in [5.74, 6) is -1.00. The van der Waals surface area contributed by atoms with Crippen molar-refractivity contribution in [3.63, 3.8) is 0 Å². The highest BCUT2D eigenvalue weighted by Crippen LogP contribution is 2.23. The predicted octanol–water partition coefficient (Wildman–Crippen LogP) is 1.53. The molecule has 1 amide bonds. The van der Waals surface area contributed by atoms with Crippen LogP contribution < -0.4 is 11.1 Å². The fraction of sp³-hybridized carbons (Fsp3) is 0.417. The zero-order valence-electron chi connectivity index (χ0n) is 9.59. The third-order valence-corrected chi connectivity index (χ3v) is 2.63. The fourth-order valence-electron chi connectivity index (χ4n) is 1.56. The molecule has 1 atom stereocenters. The summed E-state index contributed by atoms with van der Waals surface area (Å²) in [6.45, 7) is 4.17. The summed E-state index contributed by atoms with van der Waals surface area (Å²) in [7, 11) is 0. The molecule has 16 heavy (non-hydrogen) atoms. The van der Waals surface area contributed by atoms with Gasteiger partial charge in [0.1, 0.15) is 11.4 Å². The van der Waals surface area contributed by atoms with E-state index >= 15 is 0 Å². The van der Waals surface area contributed by atoms with E-state index in [9.17, 15) is 9.18 Å². The minimum atomic E-state index is -1.15. The van der Waals surface area contributed by atoms with Crippen LogP contribution in [0.5, 0.6) is 0 Å². The Balaban J connectivity index is 3.11. The van der Waals surface area contributed by atoms with Crippen molar-refractivity contribution in [2.24, 2.45) is 5.73 Å². The second kappa shape index (κ2) is 5.07. The Labute approximate surface area is 94.8 Å². The van der Waals surface area contributed by atoms with E-state index in [1.54, 1.807) is 25.1 Å². The molecule has 0 saturated carbocycles. The molecule has 88 valence electrons. The maximum Gasteiger partial charge on any atom is 0.242 e. The van der Waals surface area contributed by atoms with Gasteiger partial charge in [0.15, 0.2) is 0 Å². The number of rotatable bonds is 5. The highest BCUT2D eigenvalue weighted by Gasteiger charge is 2.34. The van der Waals surface area contributed by atoms with E-state index in [4.69, 9.17) is 5.73 Å². The number of carbonyl (C=O) groups is 1. The number of benzene rings is 1. The van der Waals surface area contributed by atoms with Gasteiger partial charge in [-0.1, -0.05) is 25.1 Å². The van der Waals surface area contributed by atoms with Crippen molar-refractivity contribution < 1.29 is 9.18 Å². The molecule has 0 fully saturated rings. The largest absolute Gasteiger partial charge is 0.368 e. The van der Waals surface area contributed by atoms with Crippen LogP contribution in [0.4, 0.5) is 4.39 Å². The summed E-state index contributed by atoms with van der Waals surface area (Å²) < 4.78 is 13.6. The van der Waals surface area contributed by atoms with Crippen molar-refractivity contribution >= 4 is 5.91 Å². The molecule has 0 aromatic heterocycles. The molecule has 1 unspecified atom stereocenters. The summed E-state index contributed by atoms with van der Waals surface area (Å²) in [5, 5.41) is 2.99. The Morgan fingerprint density at radius 3 is 2.62 bits per heavy atom. The first-order chi connectivity index (χ1) is 7.52. The van der Waals surface area contributed by atoms with Crippen LogP contribution in [-0.4, -0.2) is 12.5 Å². The van der Waals surface area contributed by atoms with Gasteiger partial charge in [-0.2, -0.15) is 0 Å². The smallest absolute Gasteiger partial charge is 0.242 e. The Morgan fingerprint density at radius 1 is 1.50 bits per heavy atom. The van der Waals surface area contributed by atoms with Gasteiger partial charge in [-0.25, -0.2) is 4.39 Å². The van der Waals surface area contributed by atoms with Gasteiger partial charge in [-0.15, -0.1) is 0 Å². The van der Waals surface area contributed by atoms with Gasteiger partial charge >= 0.3 is 0 Å². The molecule has 0 heterocycles. The van der Waals surface area contributed by atoms with Crippen molar-refractivity contribution in [3.8, 4) is 0 Å². The Kier molecular flexibility index (Phi) is 4.01. The lowest BCUT2D eigenvalue weighted by Gasteiger charge is -2.28. The van der Waals surface area contributed by atoms with E-state index in [0.717, 1.165) is 6.42 Å². The molecule has 0 spiro atoms. The Bertz CT molecular complexity index is 381. The number of halogens is 1. The minimum absolute atomic E-state index is 0.288. The number of primary amides is 1. The maximum absolute atomic E-state index is 13.6. The number of carbonyl (C=O) groups excluding carboxylic acids is 1. The Morgan fingerprint density at radius 2 is 2.12 bits per heavy atom. The van der Waals surface area contributed by atoms with E-state index in [1.165, 1.54) is 6.07 Å². The fourth-order valence-corrected chi connectivity index (χ4v) is 1.56. The number of hydrogen-bond donors (Lipinski definition) is 2. The van der Waals surface area contributed by atoms with Crippen LogP contribution >= 0.6 is 0 Å². The second-order valence-corrected chi connectivity index (χ2v) is 3.90. The average Bonchev–Trinajstić information content (AvgIpc) is 2.26. The zero-order valence-corrected chi connectivity index (χ0v) is 9.59. The first-order valence-electron chi connectivity index (χ1n) is 5.32. The third kappa shape index (κ3) is 2.39. The summed E-state index contributed by atoms with van der Waals surface area (Å²) in [4.78, 5) is 11.5. The van der Waals surface area contributed by atoms with Crippen molar-refractivity contribution in [3.05, 3.63) is 35.6 Å². The van der Waals surface area contributed by atoms with Gasteiger partial charge in [-0.05, 0) is 26.0 Å². The van der Waals surface area contributed by atoms with Gasteiger partial charge in [0, 0.05) is 5.56 Å². The minimum Gasteiger partial charge on any atom is -0.368 e. The lowest BCUT2D eigenvalue weighted by molar-refractivity contribution is -0.124. The van der Waals surface area contributed by atoms with Crippen LogP contribution in [0, 0.1) is 5.82 Å². The third-order valence-electron chi connectivity index (χ3n) is 2.63. The monoisotopic (exact) mass is 224 g/mol. The standard InChI is InChI=1S/C12H17FN2O/c1-3-8-15-12(2,11(14)16)9-6-4-5-7-10(9)13/h4-7,15H,3,8H2,1-2H3,(H2,14,16). The molecule has 4 heteroatoms. The van der Waals surface area contributed by atoms with Gasteiger partial charge < -0.3 is 5.73 Å². The quantitative estimate of drug-likeness (QED) is 0.796. The molecule has 3 N–H and O–H groups in total. The average molecular weight is 224 g/mol. The topological polar surface area (TPSA) is 55.1 Å². The lowest BCUT2D eigenvalue weighted by atomic mass is 9.90.